The van der Waals surface area contributed by atoms with Crippen LogP contribution in [-0.4, -0.2) is 29.3 Å². The summed E-state index contributed by atoms with van der Waals surface area (Å²) < 4.78 is 19.7. The van der Waals surface area contributed by atoms with Gasteiger partial charge in [0.2, 0.25) is 0 Å². The van der Waals surface area contributed by atoms with Gasteiger partial charge in [-0.25, -0.2) is 9.18 Å². The van der Waals surface area contributed by atoms with Gasteiger partial charge in [0.05, 0.1) is 13.2 Å². The summed E-state index contributed by atoms with van der Waals surface area (Å²) in [6.45, 7) is 5.44. The fourth-order valence-corrected chi connectivity index (χ4v) is 1.23. The average molecular weight is 229 g/mol. The molecule has 6 heteroatoms. The molecule has 0 atom stereocenters. The molecule has 16 heavy (non-hydrogen) atoms. The van der Waals surface area contributed by atoms with E-state index in [-0.39, 0.29) is 5.82 Å². The normalized spacial score (nSPS) is 10.4. The van der Waals surface area contributed by atoms with E-state index >= 15 is 0 Å². The van der Waals surface area contributed by atoms with Crippen molar-refractivity contribution in [3.05, 3.63) is 22.5 Å². The second-order valence-corrected chi connectivity index (χ2v) is 3.14. The molecule has 0 aliphatic carbocycles. The van der Waals surface area contributed by atoms with Crippen LogP contribution in [0, 0.1) is 5.82 Å². The zero-order chi connectivity index (χ0) is 12.0. The highest BCUT2D eigenvalue weighted by molar-refractivity contribution is 5.33. The minimum atomic E-state index is -0.530. The average Bonchev–Trinajstić information content (AvgIpc) is 2.25. The third kappa shape index (κ3) is 3.30. The number of rotatable bonds is 6. The summed E-state index contributed by atoms with van der Waals surface area (Å²) in [6, 6.07) is 0. The van der Waals surface area contributed by atoms with E-state index in [9.17, 15) is 9.18 Å². The molecule has 0 unspecified atom stereocenters. The Hall–Kier alpha value is -1.43. The zero-order valence-electron chi connectivity index (χ0n) is 9.49. The molecule has 0 aliphatic heterocycles. The minimum absolute atomic E-state index is 0.000148. The first-order valence-electron chi connectivity index (χ1n) is 5.27. The second kappa shape index (κ2) is 6.22. The molecule has 0 spiro atoms. The van der Waals surface area contributed by atoms with Crippen molar-refractivity contribution in [2.24, 2.45) is 0 Å². The minimum Gasteiger partial charge on any atom is -0.380 e. The van der Waals surface area contributed by atoms with Crippen molar-refractivity contribution in [1.29, 1.82) is 0 Å². The summed E-state index contributed by atoms with van der Waals surface area (Å²) in [4.78, 5) is 15.1. The molecule has 1 aromatic rings. The van der Waals surface area contributed by atoms with E-state index in [2.05, 4.69) is 10.3 Å². The fourth-order valence-electron chi connectivity index (χ4n) is 1.23. The van der Waals surface area contributed by atoms with Gasteiger partial charge in [0.1, 0.15) is 0 Å². The van der Waals surface area contributed by atoms with Crippen LogP contribution in [-0.2, 0) is 11.3 Å². The maximum atomic E-state index is 13.4. The SMILES string of the molecule is CCNc1nc(=O)n(CCOCC)cc1F. The molecule has 0 saturated carbocycles. The molecule has 5 nitrogen and oxygen atoms in total. The van der Waals surface area contributed by atoms with E-state index in [1.54, 1.807) is 0 Å². The van der Waals surface area contributed by atoms with Crippen LogP contribution in [0.3, 0.4) is 0 Å². The van der Waals surface area contributed by atoms with Gasteiger partial charge in [-0.2, -0.15) is 4.98 Å². The van der Waals surface area contributed by atoms with E-state index in [0.717, 1.165) is 6.20 Å². The molecular weight excluding hydrogens is 213 g/mol. The Balaban J connectivity index is 2.79. The summed E-state index contributed by atoms with van der Waals surface area (Å²) in [5.74, 6) is -0.530. The first kappa shape index (κ1) is 12.6. The van der Waals surface area contributed by atoms with Crippen LogP contribution >= 0.6 is 0 Å². The number of halogens is 1. The summed E-state index contributed by atoms with van der Waals surface area (Å²) in [7, 11) is 0. The maximum Gasteiger partial charge on any atom is 0.349 e. The first-order chi connectivity index (χ1) is 7.69. The lowest BCUT2D eigenvalue weighted by molar-refractivity contribution is 0.137. The van der Waals surface area contributed by atoms with Crippen molar-refractivity contribution in [3.63, 3.8) is 0 Å². The number of hydrogen-bond acceptors (Lipinski definition) is 4. The van der Waals surface area contributed by atoms with Crippen molar-refractivity contribution in [1.82, 2.24) is 9.55 Å². The third-order valence-electron chi connectivity index (χ3n) is 1.97. The van der Waals surface area contributed by atoms with Crippen LogP contribution in [0.15, 0.2) is 11.0 Å². The van der Waals surface area contributed by atoms with Crippen molar-refractivity contribution >= 4 is 5.82 Å². The number of nitrogens with zero attached hydrogens (tertiary/aromatic N) is 2. The van der Waals surface area contributed by atoms with Gasteiger partial charge >= 0.3 is 5.69 Å². The van der Waals surface area contributed by atoms with Crippen molar-refractivity contribution in [3.8, 4) is 0 Å². The monoisotopic (exact) mass is 229 g/mol. The number of ether oxygens (including phenoxy) is 1. The van der Waals surface area contributed by atoms with Gasteiger partial charge in [-0.3, -0.25) is 4.57 Å². The van der Waals surface area contributed by atoms with Gasteiger partial charge in [-0.05, 0) is 13.8 Å². The van der Waals surface area contributed by atoms with Gasteiger partial charge in [-0.15, -0.1) is 0 Å². The highest BCUT2D eigenvalue weighted by Gasteiger charge is 2.06. The molecule has 1 rings (SSSR count). The van der Waals surface area contributed by atoms with Crippen LogP contribution in [0.2, 0.25) is 0 Å². The molecule has 1 heterocycles. The molecule has 0 radical (unpaired) electrons. The molecule has 0 aliphatic rings. The Kier molecular flexibility index (Phi) is 4.91. The van der Waals surface area contributed by atoms with Crippen molar-refractivity contribution in [2.75, 3.05) is 25.1 Å². The maximum absolute atomic E-state index is 13.4. The lowest BCUT2D eigenvalue weighted by Gasteiger charge is -2.08. The summed E-state index contributed by atoms with van der Waals surface area (Å²) in [5.41, 5.74) is -0.475. The zero-order valence-corrected chi connectivity index (χ0v) is 9.49. The molecule has 1 N–H and O–H groups in total. The topological polar surface area (TPSA) is 56.2 Å². The highest BCUT2D eigenvalue weighted by Crippen LogP contribution is 2.05. The molecule has 0 saturated heterocycles. The number of hydrogen-bond donors (Lipinski definition) is 1. The van der Waals surface area contributed by atoms with Crippen LogP contribution < -0.4 is 11.0 Å². The smallest absolute Gasteiger partial charge is 0.349 e. The van der Waals surface area contributed by atoms with Gasteiger partial charge in [-0.1, -0.05) is 0 Å². The Bertz CT molecular complexity index is 392. The largest absolute Gasteiger partial charge is 0.380 e. The molecule has 0 fully saturated rings. The highest BCUT2D eigenvalue weighted by atomic mass is 19.1. The Morgan fingerprint density at radius 1 is 1.56 bits per heavy atom. The molecule has 0 amide bonds. The first-order valence-corrected chi connectivity index (χ1v) is 5.27. The summed E-state index contributed by atoms with van der Waals surface area (Å²) in [5, 5.41) is 2.68. The quantitative estimate of drug-likeness (QED) is 0.735. The van der Waals surface area contributed by atoms with Crippen molar-refractivity contribution < 1.29 is 9.13 Å². The van der Waals surface area contributed by atoms with E-state index in [1.165, 1.54) is 4.57 Å². The number of aromatic nitrogens is 2. The Morgan fingerprint density at radius 2 is 2.31 bits per heavy atom. The van der Waals surface area contributed by atoms with E-state index in [4.69, 9.17) is 4.74 Å². The van der Waals surface area contributed by atoms with Gasteiger partial charge in [0, 0.05) is 19.3 Å². The Morgan fingerprint density at radius 3 is 2.94 bits per heavy atom. The van der Waals surface area contributed by atoms with Gasteiger partial charge < -0.3 is 10.1 Å². The second-order valence-electron chi connectivity index (χ2n) is 3.14. The third-order valence-corrected chi connectivity index (χ3v) is 1.97. The van der Waals surface area contributed by atoms with Crippen LogP contribution in [0.5, 0.6) is 0 Å². The molecule has 0 bridgehead atoms. The van der Waals surface area contributed by atoms with Crippen LogP contribution in [0.4, 0.5) is 10.2 Å². The van der Waals surface area contributed by atoms with Gasteiger partial charge in [0.25, 0.3) is 0 Å². The predicted molar refractivity (Wildman–Crippen MR) is 59.1 cm³/mol. The van der Waals surface area contributed by atoms with E-state index in [1.807, 2.05) is 13.8 Å². The molecule has 90 valence electrons. The fraction of sp³-hybridized carbons (Fsp3) is 0.600. The van der Waals surface area contributed by atoms with Crippen LogP contribution in [0.1, 0.15) is 13.8 Å². The van der Waals surface area contributed by atoms with Crippen molar-refractivity contribution in [2.45, 2.75) is 20.4 Å². The van der Waals surface area contributed by atoms with Crippen LogP contribution in [0.25, 0.3) is 0 Å². The number of anilines is 1. The lowest BCUT2D eigenvalue weighted by Crippen LogP contribution is -2.26. The van der Waals surface area contributed by atoms with E-state index < -0.39 is 11.5 Å². The lowest BCUT2D eigenvalue weighted by atomic mass is 10.5. The summed E-state index contributed by atoms with van der Waals surface area (Å²) in [6.07, 6.45) is 1.15. The predicted octanol–water partition coefficient (Wildman–Crippen LogP) is 0.851. The summed E-state index contributed by atoms with van der Waals surface area (Å²) >= 11 is 0. The standard InChI is InChI=1S/C10H16FN3O2/c1-3-12-9-8(11)7-14(10(15)13-9)5-6-16-4-2/h7H,3-6H2,1-2H3,(H,12,13,15). The number of nitrogens with one attached hydrogen (secondary N) is 1. The molecule has 0 aromatic carbocycles. The molecule has 1 aromatic heterocycles. The molecular formula is C10H16FN3O2. The van der Waals surface area contributed by atoms with Gasteiger partial charge in [0.15, 0.2) is 11.6 Å². The van der Waals surface area contributed by atoms with E-state index in [0.29, 0.717) is 26.3 Å². The Labute approximate surface area is 93.3 Å².